The Hall–Kier alpha value is -1.82. The molecule has 0 aliphatic heterocycles. The molecule has 1 aromatic heterocycles. The molecule has 24 heavy (non-hydrogen) atoms. The number of guanidine groups is 1. The van der Waals surface area contributed by atoms with Gasteiger partial charge >= 0.3 is 0 Å². The van der Waals surface area contributed by atoms with Crippen molar-refractivity contribution in [3.63, 3.8) is 0 Å². The van der Waals surface area contributed by atoms with E-state index in [0.717, 1.165) is 46.8 Å². The fraction of sp³-hybridized carbons (Fsp3) is 0.444. The van der Waals surface area contributed by atoms with Crippen LogP contribution in [0.3, 0.4) is 0 Å². The van der Waals surface area contributed by atoms with Crippen molar-refractivity contribution in [3.8, 4) is 0 Å². The first kappa shape index (κ1) is 18.5. The molecule has 130 valence electrons. The summed E-state index contributed by atoms with van der Waals surface area (Å²) in [6.45, 7) is 7.66. The van der Waals surface area contributed by atoms with Crippen molar-refractivity contribution < 1.29 is 4.52 Å². The molecule has 0 aliphatic carbocycles. The maximum absolute atomic E-state index is 5.40. The first-order valence-corrected chi connectivity index (χ1v) is 9.04. The first-order valence-electron chi connectivity index (χ1n) is 8.24. The Balaban J connectivity index is 1.97. The highest BCUT2D eigenvalue weighted by molar-refractivity contribution is 9.10. The van der Waals surface area contributed by atoms with Crippen molar-refractivity contribution in [2.45, 2.75) is 46.7 Å². The molecule has 0 bridgehead atoms. The SMILES string of the molecule is CCc1noc(CC)c1CNC(=NC)NCc1ccc(Br)cc1C. The Kier molecular flexibility index (Phi) is 6.85. The van der Waals surface area contributed by atoms with Gasteiger partial charge in [-0.2, -0.15) is 0 Å². The number of halogens is 1. The summed E-state index contributed by atoms with van der Waals surface area (Å²) in [6, 6.07) is 6.29. The molecule has 6 heteroatoms. The van der Waals surface area contributed by atoms with Crippen molar-refractivity contribution >= 4 is 21.9 Å². The molecule has 0 atom stereocenters. The van der Waals surface area contributed by atoms with Crippen LogP contribution in [0, 0.1) is 6.92 Å². The quantitative estimate of drug-likeness (QED) is 0.580. The van der Waals surface area contributed by atoms with Crippen LogP contribution in [0.1, 0.15) is 42.0 Å². The molecule has 0 spiro atoms. The van der Waals surface area contributed by atoms with Gasteiger partial charge in [0.2, 0.25) is 0 Å². The lowest BCUT2D eigenvalue weighted by Gasteiger charge is -2.13. The van der Waals surface area contributed by atoms with Crippen LogP contribution in [0.2, 0.25) is 0 Å². The molecule has 0 unspecified atom stereocenters. The summed E-state index contributed by atoms with van der Waals surface area (Å²) in [6.07, 6.45) is 1.71. The molecule has 0 amide bonds. The zero-order chi connectivity index (χ0) is 17.5. The van der Waals surface area contributed by atoms with E-state index in [-0.39, 0.29) is 0 Å². The Labute approximate surface area is 152 Å². The summed E-state index contributed by atoms with van der Waals surface area (Å²) in [4.78, 5) is 4.29. The van der Waals surface area contributed by atoms with Crippen molar-refractivity contribution in [1.29, 1.82) is 0 Å². The highest BCUT2D eigenvalue weighted by Crippen LogP contribution is 2.16. The molecule has 1 heterocycles. The number of benzene rings is 1. The largest absolute Gasteiger partial charge is 0.361 e. The minimum atomic E-state index is 0.662. The maximum Gasteiger partial charge on any atom is 0.191 e. The van der Waals surface area contributed by atoms with Crippen LogP contribution in [0.25, 0.3) is 0 Å². The number of nitrogens with one attached hydrogen (secondary N) is 2. The van der Waals surface area contributed by atoms with Gasteiger partial charge in [-0.05, 0) is 36.6 Å². The molecule has 5 nitrogen and oxygen atoms in total. The molecule has 2 aromatic rings. The molecule has 0 fully saturated rings. The van der Waals surface area contributed by atoms with Crippen LogP contribution in [-0.2, 0) is 25.9 Å². The Morgan fingerprint density at radius 2 is 1.96 bits per heavy atom. The van der Waals surface area contributed by atoms with Crippen LogP contribution in [-0.4, -0.2) is 18.2 Å². The lowest BCUT2D eigenvalue weighted by molar-refractivity contribution is 0.380. The van der Waals surface area contributed by atoms with E-state index in [1.165, 1.54) is 11.1 Å². The number of hydrogen-bond donors (Lipinski definition) is 2. The second-order valence-electron chi connectivity index (χ2n) is 5.59. The summed E-state index contributed by atoms with van der Waals surface area (Å²) in [5.41, 5.74) is 4.64. The number of rotatable bonds is 6. The van der Waals surface area contributed by atoms with Gasteiger partial charge in [0.15, 0.2) is 5.96 Å². The fourth-order valence-corrected chi connectivity index (χ4v) is 3.04. The van der Waals surface area contributed by atoms with Crippen molar-refractivity contribution in [3.05, 3.63) is 50.8 Å². The number of nitrogens with zero attached hydrogens (tertiary/aromatic N) is 2. The van der Waals surface area contributed by atoms with Crippen molar-refractivity contribution in [2.75, 3.05) is 7.05 Å². The van der Waals surface area contributed by atoms with E-state index in [4.69, 9.17) is 4.52 Å². The molecular weight excluding hydrogens is 368 g/mol. The monoisotopic (exact) mass is 392 g/mol. The third-order valence-corrected chi connectivity index (χ3v) is 4.51. The molecule has 0 radical (unpaired) electrons. The predicted molar refractivity (Wildman–Crippen MR) is 101 cm³/mol. The smallest absolute Gasteiger partial charge is 0.191 e. The van der Waals surface area contributed by atoms with Gasteiger partial charge in [0.05, 0.1) is 5.69 Å². The maximum atomic E-state index is 5.40. The average Bonchev–Trinajstić information content (AvgIpc) is 2.98. The second kappa shape index (κ2) is 8.87. The van der Waals surface area contributed by atoms with E-state index >= 15 is 0 Å². The first-order chi connectivity index (χ1) is 11.6. The van der Waals surface area contributed by atoms with Crippen LogP contribution in [0.5, 0.6) is 0 Å². The van der Waals surface area contributed by atoms with Gasteiger partial charge < -0.3 is 15.2 Å². The highest BCUT2D eigenvalue weighted by Gasteiger charge is 2.13. The molecule has 0 aliphatic rings. The zero-order valence-electron chi connectivity index (χ0n) is 14.7. The number of aryl methyl sites for hydroxylation is 3. The summed E-state index contributed by atoms with van der Waals surface area (Å²) in [7, 11) is 1.78. The van der Waals surface area contributed by atoms with Gasteiger partial charge in [-0.25, -0.2) is 0 Å². The van der Waals surface area contributed by atoms with Gasteiger partial charge in [0.1, 0.15) is 5.76 Å². The standard InChI is InChI=1S/C18H25BrN4O/c1-5-16-15(17(6-2)24-23-16)11-22-18(20-4)21-10-13-7-8-14(19)9-12(13)3/h7-9H,5-6,10-11H2,1-4H3,(H2,20,21,22). The van der Waals surface area contributed by atoms with Crippen LogP contribution < -0.4 is 10.6 Å². The third-order valence-electron chi connectivity index (χ3n) is 4.01. The summed E-state index contributed by atoms with van der Waals surface area (Å²) < 4.78 is 6.50. The van der Waals surface area contributed by atoms with E-state index in [1.807, 2.05) is 0 Å². The molecule has 2 N–H and O–H groups in total. The zero-order valence-corrected chi connectivity index (χ0v) is 16.3. The van der Waals surface area contributed by atoms with Gasteiger partial charge in [0.25, 0.3) is 0 Å². The average molecular weight is 393 g/mol. The van der Waals surface area contributed by atoms with E-state index < -0.39 is 0 Å². The van der Waals surface area contributed by atoms with Gasteiger partial charge in [0, 0.05) is 36.6 Å². The Morgan fingerprint density at radius 1 is 1.21 bits per heavy atom. The minimum Gasteiger partial charge on any atom is -0.361 e. The number of aliphatic imine (C=N–C) groups is 1. The topological polar surface area (TPSA) is 62.5 Å². The van der Waals surface area contributed by atoms with Crippen LogP contribution in [0.4, 0.5) is 0 Å². The summed E-state index contributed by atoms with van der Waals surface area (Å²) in [5, 5.41) is 10.9. The van der Waals surface area contributed by atoms with Gasteiger partial charge in [-0.1, -0.05) is 41.0 Å². The lowest BCUT2D eigenvalue weighted by atomic mass is 10.1. The molecule has 2 rings (SSSR count). The number of hydrogen-bond acceptors (Lipinski definition) is 3. The third kappa shape index (κ3) is 4.60. The van der Waals surface area contributed by atoms with E-state index in [2.05, 4.69) is 75.7 Å². The van der Waals surface area contributed by atoms with E-state index in [9.17, 15) is 0 Å². The van der Waals surface area contributed by atoms with E-state index in [0.29, 0.717) is 6.54 Å². The highest BCUT2D eigenvalue weighted by atomic mass is 79.9. The Morgan fingerprint density at radius 3 is 2.58 bits per heavy atom. The summed E-state index contributed by atoms with van der Waals surface area (Å²) >= 11 is 3.49. The number of aromatic nitrogens is 1. The predicted octanol–water partition coefficient (Wildman–Crippen LogP) is 3.74. The lowest BCUT2D eigenvalue weighted by Crippen LogP contribution is -2.36. The van der Waals surface area contributed by atoms with Crippen LogP contribution >= 0.6 is 15.9 Å². The normalized spacial score (nSPS) is 11.6. The van der Waals surface area contributed by atoms with Gasteiger partial charge in [-0.3, -0.25) is 4.99 Å². The van der Waals surface area contributed by atoms with E-state index in [1.54, 1.807) is 7.05 Å². The second-order valence-corrected chi connectivity index (χ2v) is 6.50. The van der Waals surface area contributed by atoms with Crippen molar-refractivity contribution in [2.24, 2.45) is 4.99 Å². The molecule has 0 saturated carbocycles. The van der Waals surface area contributed by atoms with Gasteiger partial charge in [-0.15, -0.1) is 0 Å². The fourth-order valence-electron chi connectivity index (χ4n) is 2.57. The summed E-state index contributed by atoms with van der Waals surface area (Å²) in [5.74, 6) is 1.71. The van der Waals surface area contributed by atoms with Crippen molar-refractivity contribution in [1.82, 2.24) is 15.8 Å². The van der Waals surface area contributed by atoms with Crippen LogP contribution in [0.15, 0.2) is 32.2 Å². The molecule has 1 aromatic carbocycles. The molecule has 0 saturated heterocycles. The molecular formula is C18H25BrN4O. The minimum absolute atomic E-state index is 0.662. The Bertz CT molecular complexity index is 688.